The van der Waals surface area contributed by atoms with Crippen LogP contribution in [-0.4, -0.2) is 45.0 Å². The molecule has 3 aliphatic rings. The van der Waals surface area contributed by atoms with Gasteiger partial charge in [0.15, 0.2) is 0 Å². The first-order valence-corrected chi connectivity index (χ1v) is 10.5. The van der Waals surface area contributed by atoms with Crippen LogP contribution in [0, 0.1) is 17.8 Å². The number of rotatable bonds is 3. The number of aromatic nitrogens is 2. The first-order valence-electron chi connectivity index (χ1n) is 9.56. The van der Waals surface area contributed by atoms with Gasteiger partial charge in [-0.25, -0.2) is 0 Å². The van der Waals surface area contributed by atoms with Crippen LogP contribution >= 0.6 is 11.8 Å². The fraction of sp³-hybridized carbons (Fsp3) is 0.429. The number of nitrogens with one attached hydrogen (secondary N) is 1. The second-order valence-electron chi connectivity index (χ2n) is 7.84. The Labute approximate surface area is 162 Å². The van der Waals surface area contributed by atoms with Crippen LogP contribution in [0.4, 0.5) is 0 Å². The predicted octanol–water partition coefficient (Wildman–Crippen LogP) is 2.87. The molecule has 2 bridgehead atoms. The van der Waals surface area contributed by atoms with Crippen LogP contribution in [0.25, 0.3) is 4.91 Å². The molecule has 3 heterocycles. The normalized spacial score (nSPS) is 32.6. The monoisotopic (exact) mass is 381 g/mol. The molecule has 2 N–H and O–H groups in total. The number of aliphatic hydroxyl groups is 1. The number of carbonyl (C=O) groups is 1. The zero-order chi connectivity index (χ0) is 18.4. The summed E-state index contributed by atoms with van der Waals surface area (Å²) in [5.74, 6) is 1.15. The predicted molar refractivity (Wildman–Crippen MR) is 106 cm³/mol. The van der Waals surface area contributed by atoms with Gasteiger partial charge in [0.05, 0.1) is 17.7 Å². The first kappa shape index (κ1) is 17.1. The summed E-state index contributed by atoms with van der Waals surface area (Å²) in [7, 11) is 0. The summed E-state index contributed by atoms with van der Waals surface area (Å²) < 4.78 is 0. The SMILES string of the molecule is O=C(C1C=C(c2cn[nH]c2)SC1)N1CC2CCC(C1)C2(O)c1ccccc1. The zero-order valence-electron chi connectivity index (χ0n) is 15.0. The summed E-state index contributed by atoms with van der Waals surface area (Å²) in [6, 6.07) is 10.0. The third-order valence-corrected chi connectivity index (χ3v) is 7.62. The van der Waals surface area contributed by atoms with Crippen molar-refractivity contribution in [2.75, 3.05) is 18.8 Å². The largest absolute Gasteiger partial charge is 0.384 e. The number of H-pyrrole nitrogens is 1. The van der Waals surface area contributed by atoms with E-state index in [0.29, 0.717) is 13.1 Å². The van der Waals surface area contributed by atoms with Gasteiger partial charge in [-0.2, -0.15) is 5.10 Å². The second kappa shape index (κ2) is 6.53. The molecule has 5 rings (SSSR count). The highest BCUT2D eigenvalue weighted by Gasteiger charge is 2.54. The molecule has 3 atom stereocenters. The van der Waals surface area contributed by atoms with Crippen molar-refractivity contribution < 1.29 is 9.90 Å². The molecule has 0 spiro atoms. The number of nitrogens with zero attached hydrogens (tertiary/aromatic N) is 2. The lowest BCUT2D eigenvalue weighted by Gasteiger charge is -2.45. The average Bonchev–Trinajstić information content (AvgIpc) is 3.41. The number of amides is 1. The number of aromatic amines is 1. The molecule has 1 amide bonds. The number of thioether (sulfide) groups is 1. The van der Waals surface area contributed by atoms with Crippen molar-refractivity contribution in [3.8, 4) is 0 Å². The van der Waals surface area contributed by atoms with Gasteiger partial charge >= 0.3 is 0 Å². The van der Waals surface area contributed by atoms with E-state index < -0.39 is 5.60 Å². The Morgan fingerprint density at radius 3 is 2.63 bits per heavy atom. The number of carbonyl (C=O) groups excluding carboxylic acids is 1. The van der Waals surface area contributed by atoms with E-state index in [0.717, 1.165) is 34.6 Å². The fourth-order valence-corrected chi connectivity index (χ4v) is 6.14. The van der Waals surface area contributed by atoms with Crippen LogP contribution in [0.2, 0.25) is 0 Å². The molecule has 2 fully saturated rings. The van der Waals surface area contributed by atoms with E-state index in [2.05, 4.69) is 16.3 Å². The minimum atomic E-state index is -0.791. The maximum absolute atomic E-state index is 13.1. The lowest BCUT2D eigenvalue weighted by Crippen LogP contribution is -2.54. The van der Waals surface area contributed by atoms with E-state index in [1.54, 1.807) is 18.0 Å². The van der Waals surface area contributed by atoms with Crippen LogP contribution in [0.5, 0.6) is 0 Å². The smallest absolute Gasteiger partial charge is 0.230 e. The van der Waals surface area contributed by atoms with E-state index in [9.17, 15) is 9.90 Å². The van der Waals surface area contributed by atoms with Crippen molar-refractivity contribution >= 4 is 22.6 Å². The number of hydrogen-bond donors (Lipinski definition) is 2. The molecule has 140 valence electrons. The Balaban J connectivity index is 1.34. The molecule has 0 radical (unpaired) electrons. The number of piperidine rings is 1. The lowest BCUT2D eigenvalue weighted by molar-refractivity contribution is -0.145. The van der Waals surface area contributed by atoms with E-state index in [4.69, 9.17) is 0 Å². The van der Waals surface area contributed by atoms with Gasteiger partial charge in [0.25, 0.3) is 0 Å². The highest BCUT2D eigenvalue weighted by molar-refractivity contribution is 8.08. The van der Waals surface area contributed by atoms with Crippen LogP contribution in [0.3, 0.4) is 0 Å². The van der Waals surface area contributed by atoms with E-state index in [-0.39, 0.29) is 23.7 Å². The van der Waals surface area contributed by atoms with Crippen molar-refractivity contribution in [1.82, 2.24) is 15.1 Å². The maximum Gasteiger partial charge on any atom is 0.230 e. The van der Waals surface area contributed by atoms with Gasteiger partial charge in [-0.05, 0) is 18.4 Å². The van der Waals surface area contributed by atoms with Crippen molar-refractivity contribution in [3.05, 3.63) is 59.9 Å². The van der Waals surface area contributed by atoms with E-state index in [1.165, 1.54) is 0 Å². The Bertz CT molecular complexity index is 851. The average molecular weight is 382 g/mol. The quantitative estimate of drug-likeness (QED) is 0.858. The molecule has 1 saturated carbocycles. The molecule has 1 aromatic heterocycles. The molecule has 1 aliphatic carbocycles. The Morgan fingerprint density at radius 1 is 1.22 bits per heavy atom. The number of benzene rings is 1. The summed E-state index contributed by atoms with van der Waals surface area (Å²) in [6.07, 6.45) is 7.71. The summed E-state index contributed by atoms with van der Waals surface area (Å²) in [6.45, 7) is 1.30. The molecule has 1 aromatic carbocycles. The van der Waals surface area contributed by atoms with Crippen LogP contribution in [0.1, 0.15) is 24.0 Å². The third-order valence-electron chi connectivity index (χ3n) is 6.41. The van der Waals surface area contributed by atoms with Gasteiger partial charge in [0.1, 0.15) is 0 Å². The van der Waals surface area contributed by atoms with Crippen LogP contribution in [-0.2, 0) is 10.4 Å². The van der Waals surface area contributed by atoms with Gasteiger partial charge in [-0.1, -0.05) is 36.4 Å². The molecular formula is C21H23N3O2S. The highest BCUT2D eigenvalue weighted by atomic mass is 32.2. The van der Waals surface area contributed by atoms with Gasteiger partial charge in [0, 0.05) is 47.3 Å². The molecule has 5 nitrogen and oxygen atoms in total. The molecule has 1 saturated heterocycles. The lowest BCUT2D eigenvalue weighted by atomic mass is 9.75. The maximum atomic E-state index is 13.1. The van der Waals surface area contributed by atoms with Crippen molar-refractivity contribution in [1.29, 1.82) is 0 Å². The molecule has 6 heteroatoms. The summed E-state index contributed by atoms with van der Waals surface area (Å²) >= 11 is 1.72. The molecule has 2 aromatic rings. The Hall–Kier alpha value is -2.05. The summed E-state index contributed by atoms with van der Waals surface area (Å²) in [5.41, 5.74) is 1.26. The molecule has 2 aliphatic heterocycles. The Kier molecular flexibility index (Phi) is 4.13. The fourth-order valence-electron chi connectivity index (χ4n) is 5.00. The standard InChI is InChI=1S/C21H23N3O2S/c25-20(14-8-19(27-13-14)15-9-22-23-10-15)24-11-17-6-7-18(12-24)21(17,26)16-4-2-1-3-5-16/h1-5,8-10,14,17-18,26H,6-7,11-13H2,(H,22,23). The first-order chi connectivity index (χ1) is 13.2. The van der Waals surface area contributed by atoms with Crippen LogP contribution < -0.4 is 0 Å². The summed E-state index contributed by atoms with van der Waals surface area (Å²) in [5, 5.41) is 18.3. The Morgan fingerprint density at radius 2 is 1.96 bits per heavy atom. The molecule has 27 heavy (non-hydrogen) atoms. The van der Waals surface area contributed by atoms with Crippen molar-refractivity contribution in [3.63, 3.8) is 0 Å². The number of hydrogen-bond acceptors (Lipinski definition) is 4. The van der Waals surface area contributed by atoms with Gasteiger partial charge < -0.3 is 10.0 Å². The minimum Gasteiger partial charge on any atom is -0.384 e. The summed E-state index contributed by atoms with van der Waals surface area (Å²) in [4.78, 5) is 16.3. The zero-order valence-corrected chi connectivity index (χ0v) is 15.9. The minimum absolute atomic E-state index is 0.0813. The van der Waals surface area contributed by atoms with E-state index in [1.807, 2.05) is 41.4 Å². The van der Waals surface area contributed by atoms with Crippen molar-refractivity contribution in [2.45, 2.75) is 18.4 Å². The second-order valence-corrected chi connectivity index (χ2v) is 8.90. The molecule has 3 unspecified atom stereocenters. The topological polar surface area (TPSA) is 69.2 Å². The molecular weight excluding hydrogens is 358 g/mol. The number of fused-ring (bicyclic) bond motifs is 2. The number of likely N-dealkylation sites (tertiary alicyclic amines) is 1. The van der Waals surface area contributed by atoms with Crippen molar-refractivity contribution in [2.24, 2.45) is 17.8 Å². The van der Waals surface area contributed by atoms with Crippen LogP contribution in [0.15, 0.2) is 48.8 Å². The van der Waals surface area contributed by atoms with E-state index >= 15 is 0 Å². The van der Waals surface area contributed by atoms with Gasteiger partial charge in [-0.15, -0.1) is 11.8 Å². The van der Waals surface area contributed by atoms with Gasteiger partial charge in [-0.3, -0.25) is 9.89 Å². The third kappa shape index (κ3) is 2.74. The van der Waals surface area contributed by atoms with Gasteiger partial charge in [0.2, 0.25) is 5.91 Å². The highest BCUT2D eigenvalue weighted by Crippen LogP contribution is 2.51.